The summed E-state index contributed by atoms with van der Waals surface area (Å²) in [6.45, 7) is 11.1. The van der Waals surface area contributed by atoms with Gasteiger partial charge in [0.25, 0.3) is 0 Å². The zero-order valence-corrected chi connectivity index (χ0v) is 13.5. The first kappa shape index (κ1) is 15.8. The summed E-state index contributed by atoms with van der Waals surface area (Å²) >= 11 is 0. The highest BCUT2D eigenvalue weighted by Crippen LogP contribution is 2.18. The van der Waals surface area contributed by atoms with E-state index in [-0.39, 0.29) is 0 Å². The number of piperazine rings is 1. The molecular formula is C14H26N6O. The van der Waals surface area contributed by atoms with Gasteiger partial charge in [0.05, 0.1) is 6.61 Å². The molecule has 1 aliphatic rings. The Labute approximate surface area is 126 Å². The highest BCUT2D eigenvalue weighted by Gasteiger charge is 2.24. The predicted octanol–water partition coefficient (Wildman–Crippen LogP) is 1.23. The Kier molecular flexibility index (Phi) is 5.55. The molecule has 1 unspecified atom stereocenters. The summed E-state index contributed by atoms with van der Waals surface area (Å²) < 4.78 is 5.56. The van der Waals surface area contributed by atoms with Gasteiger partial charge in [0.1, 0.15) is 0 Å². The van der Waals surface area contributed by atoms with Crippen LogP contribution < -0.4 is 15.0 Å². The molecule has 1 N–H and O–H groups in total. The summed E-state index contributed by atoms with van der Waals surface area (Å²) in [5.74, 6) is 1.25. The van der Waals surface area contributed by atoms with E-state index in [0.717, 1.165) is 32.6 Å². The second kappa shape index (κ2) is 7.40. The van der Waals surface area contributed by atoms with Crippen LogP contribution in [0.1, 0.15) is 27.2 Å². The molecule has 1 aliphatic heterocycles. The number of aromatic nitrogens is 3. The highest BCUT2D eigenvalue weighted by molar-refractivity contribution is 5.38. The first-order chi connectivity index (χ1) is 10.2. The molecule has 1 fully saturated rings. The number of nitrogens with one attached hydrogen (secondary N) is 1. The molecule has 1 saturated heterocycles. The van der Waals surface area contributed by atoms with Crippen LogP contribution in [0, 0.1) is 0 Å². The van der Waals surface area contributed by atoms with Crippen LogP contribution in [0.25, 0.3) is 0 Å². The number of likely N-dealkylation sites (N-methyl/N-ethyl adjacent to an activating group) is 1. The van der Waals surface area contributed by atoms with E-state index >= 15 is 0 Å². The number of nitrogens with zero attached hydrogens (tertiary/aromatic N) is 5. The molecular weight excluding hydrogens is 268 g/mol. The maximum Gasteiger partial charge on any atom is 0.323 e. The lowest BCUT2D eigenvalue weighted by Crippen LogP contribution is -2.52. The molecule has 0 radical (unpaired) electrons. The van der Waals surface area contributed by atoms with Gasteiger partial charge in [-0.15, -0.1) is 0 Å². The Morgan fingerprint density at radius 1 is 1.24 bits per heavy atom. The van der Waals surface area contributed by atoms with Gasteiger partial charge in [-0.1, -0.05) is 13.8 Å². The molecule has 21 heavy (non-hydrogen) atoms. The minimum absolute atomic E-state index is 0.400. The predicted molar refractivity (Wildman–Crippen MR) is 84.1 cm³/mol. The van der Waals surface area contributed by atoms with E-state index in [2.05, 4.69) is 50.8 Å². The Morgan fingerprint density at radius 2 is 2.05 bits per heavy atom. The number of ether oxygens (including phenoxy) is 1. The van der Waals surface area contributed by atoms with Crippen LogP contribution >= 0.6 is 0 Å². The summed E-state index contributed by atoms with van der Waals surface area (Å²) in [6.07, 6.45) is 0.933. The summed E-state index contributed by atoms with van der Waals surface area (Å²) in [7, 11) is 1.81. The van der Waals surface area contributed by atoms with Crippen molar-refractivity contribution in [3.05, 3.63) is 0 Å². The molecule has 7 nitrogen and oxygen atoms in total. The van der Waals surface area contributed by atoms with Gasteiger partial charge in [-0.3, -0.25) is 4.90 Å². The van der Waals surface area contributed by atoms with Crippen molar-refractivity contribution in [2.75, 3.05) is 50.1 Å². The molecule has 118 valence electrons. The minimum atomic E-state index is 0.400. The largest absolute Gasteiger partial charge is 0.463 e. The molecule has 0 saturated carbocycles. The van der Waals surface area contributed by atoms with E-state index in [1.165, 1.54) is 0 Å². The van der Waals surface area contributed by atoms with Crippen molar-refractivity contribution in [2.24, 2.45) is 0 Å². The topological polar surface area (TPSA) is 66.4 Å². The van der Waals surface area contributed by atoms with Crippen LogP contribution in [0.3, 0.4) is 0 Å². The Balaban J connectivity index is 2.14. The SMILES string of the molecule is CCCOc1nc(NC)nc(N2CCN(CC)C(C)C2)n1. The van der Waals surface area contributed by atoms with Gasteiger partial charge in [0.2, 0.25) is 11.9 Å². The van der Waals surface area contributed by atoms with Crippen LogP contribution in [-0.2, 0) is 0 Å². The molecule has 0 aliphatic carbocycles. The zero-order valence-electron chi connectivity index (χ0n) is 13.5. The summed E-state index contributed by atoms with van der Waals surface area (Å²) in [5.41, 5.74) is 0. The minimum Gasteiger partial charge on any atom is -0.463 e. The van der Waals surface area contributed by atoms with Crippen molar-refractivity contribution in [3.63, 3.8) is 0 Å². The third-order valence-electron chi connectivity index (χ3n) is 3.72. The van der Waals surface area contributed by atoms with Gasteiger partial charge in [0, 0.05) is 32.7 Å². The smallest absolute Gasteiger partial charge is 0.323 e. The lowest BCUT2D eigenvalue weighted by Gasteiger charge is -2.39. The van der Waals surface area contributed by atoms with E-state index < -0.39 is 0 Å². The fourth-order valence-corrected chi connectivity index (χ4v) is 2.50. The van der Waals surface area contributed by atoms with E-state index in [1.54, 1.807) is 7.05 Å². The van der Waals surface area contributed by atoms with Crippen LogP contribution in [0.2, 0.25) is 0 Å². The van der Waals surface area contributed by atoms with Crippen molar-refractivity contribution in [1.82, 2.24) is 19.9 Å². The van der Waals surface area contributed by atoms with Crippen molar-refractivity contribution in [2.45, 2.75) is 33.2 Å². The number of hydrogen-bond donors (Lipinski definition) is 1. The Hall–Kier alpha value is -1.63. The molecule has 2 heterocycles. The Morgan fingerprint density at radius 3 is 2.67 bits per heavy atom. The van der Waals surface area contributed by atoms with Gasteiger partial charge < -0.3 is 15.0 Å². The third-order valence-corrected chi connectivity index (χ3v) is 3.72. The standard InChI is InChI=1S/C14H26N6O/c1-5-9-21-14-17-12(15-4)16-13(18-14)20-8-7-19(6-2)11(3)10-20/h11H,5-10H2,1-4H3,(H,15,16,17,18). The van der Waals surface area contributed by atoms with Crippen molar-refractivity contribution >= 4 is 11.9 Å². The van der Waals surface area contributed by atoms with Gasteiger partial charge in [-0.2, -0.15) is 15.0 Å². The summed E-state index contributed by atoms with van der Waals surface area (Å²) in [5, 5.41) is 2.98. The molecule has 2 rings (SSSR count). The van der Waals surface area contributed by atoms with Gasteiger partial charge in [0.15, 0.2) is 0 Å². The zero-order chi connectivity index (χ0) is 15.2. The maximum absolute atomic E-state index is 5.56. The van der Waals surface area contributed by atoms with Crippen molar-refractivity contribution in [3.8, 4) is 6.01 Å². The van der Waals surface area contributed by atoms with Crippen LogP contribution in [0.15, 0.2) is 0 Å². The summed E-state index contributed by atoms with van der Waals surface area (Å²) in [4.78, 5) is 17.8. The first-order valence-electron chi connectivity index (χ1n) is 7.73. The number of anilines is 2. The number of hydrogen-bond acceptors (Lipinski definition) is 7. The fourth-order valence-electron chi connectivity index (χ4n) is 2.50. The fraction of sp³-hybridized carbons (Fsp3) is 0.786. The van der Waals surface area contributed by atoms with E-state index in [4.69, 9.17) is 4.74 Å². The van der Waals surface area contributed by atoms with Crippen molar-refractivity contribution < 1.29 is 4.74 Å². The van der Waals surface area contributed by atoms with E-state index in [0.29, 0.717) is 30.6 Å². The monoisotopic (exact) mass is 294 g/mol. The van der Waals surface area contributed by atoms with E-state index in [9.17, 15) is 0 Å². The second-order valence-corrected chi connectivity index (χ2v) is 5.26. The molecule has 0 aromatic carbocycles. The lowest BCUT2D eigenvalue weighted by atomic mass is 10.2. The normalized spacial score (nSPS) is 19.6. The quantitative estimate of drug-likeness (QED) is 0.846. The van der Waals surface area contributed by atoms with Gasteiger partial charge >= 0.3 is 6.01 Å². The third kappa shape index (κ3) is 3.93. The number of rotatable bonds is 6. The second-order valence-electron chi connectivity index (χ2n) is 5.26. The molecule has 1 aromatic heterocycles. The molecule has 1 atom stereocenters. The molecule has 0 bridgehead atoms. The first-order valence-corrected chi connectivity index (χ1v) is 7.73. The Bertz CT molecular complexity index is 455. The lowest BCUT2D eigenvalue weighted by molar-refractivity contribution is 0.198. The average molecular weight is 294 g/mol. The molecule has 0 amide bonds. The average Bonchev–Trinajstić information content (AvgIpc) is 2.52. The highest BCUT2D eigenvalue weighted by atomic mass is 16.5. The van der Waals surface area contributed by atoms with Crippen LogP contribution in [0.5, 0.6) is 6.01 Å². The molecule has 7 heteroatoms. The van der Waals surface area contributed by atoms with Crippen LogP contribution in [0.4, 0.5) is 11.9 Å². The molecule has 0 spiro atoms. The van der Waals surface area contributed by atoms with Crippen molar-refractivity contribution in [1.29, 1.82) is 0 Å². The molecule has 1 aromatic rings. The maximum atomic E-state index is 5.56. The van der Waals surface area contributed by atoms with Gasteiger partial charge in [-0.05, 0) is 19.9 Å². The summed E-state index contributed by atoms with van der Waals surface area (Å²) in [6, 6.07) is 0.898. The van der Waals surface area contributed by atoms with Crippen LogP contribution in [-0.4, -0.2) is 65.7 Å². The van der Waals surface area contributed by atoms with Gasteiger partial charge in [-0.25, -0.2) is 0 Å². The van der Waals surface area contributed by atoms with E-state index in [1.807, 2.05) is 0 Å².